The van der Waals surface area contributed by atoms with Crippen LogP contribution in [0.1, 0.15) is 11.1 Å². The van der Waals surface area contributed by atoms with Gasteiger partial charge >= 0.3 is 0 Å². The zero-order chi connectivity index (χ0) is 8.43. The van der Waals surface area contributed by atoms with Crippen molar-refractivity contribution in [2.45, 2.75) is 18.7 Å². The Morgan fingerprint density at radius 1 is 1.18 bits per heavy atom. The summed E-state index contributed by atoms with van der Waals surface area (Å²) in [5, 5.41) is 9.42. The van der Waals surface area contributed by atoms with E-state index in [4.69, 9.17) is 0 Å². The van der Waals surface area contributed by atoms with E-state index in [-0.39, 0.29) is 0 Å². The first-order valence-electron chi connectivity index (χ1n) is 3.49. The van der Waals surface area contributed by atoms with Crippen molar-refractivity contribution in [1.82, 2.24) is 0 Å². The van der Waals surface area contributed by atoms with Crippen LogP contribution < -0.4 is 0 Å². The van der Waals surface area contributed by atoms with Crippen LogP contribution in [0, 0.1) is 13.8 Å². The standard InChI is InChI=1S/C9H12OS/c1-6-4-8(11-3)5-7(2)9(6)10/h4-5,10H,1-3H3. The van der Waals surface area contributed by atoms with Crippen LogP contribution in [-0.2, 0) is 0 Å². The molecule has 0 bridgehead atoms. The molecule has 0 fully saturated rings. The van der Waals surface area contributed by atoms with Gasteiger partial charge in [-0.25, -0.2) is 0 Å². The molecule has 0 atom stereocenters. The summed E-state index contributed by atoms with van der Waals surface area (Å²) < 4.78 is 0. The Hall–Kier alpha value is -0.630. The molecule has 0 radical (unpaired) electrons. The summed E-state index contributed by atoms with van der Waals surface area (Å²) in [5.41, 5.74) is 1.91. The SMILES string of the molecule is CSc1cc(C)c(O)c(C)c1. The normalized spacial score (nSPS) is 10.1. The average Bonchev–Trinajstić information content (AvgIpc) is 1.99. The van der Waals surface area contributed by atoms with E-state index in [0.717, 1.165) is 11.1 Å². The Balaban J connectivity index is 3.21. The molecule has 0 aromatic heterocycles. The molecule has 0 heterocycles. The minimum absolute atomic E-state index is 0.419. The third-order valence-electron chi connectivity index (χ3n) is 1.70. The Bertz CT molecular complexity index is 245. The molecule has 1 aromatic rings. The van der Waals surface area contributed by atoms with Gasteiger partial charge < -0.3 is 5.11 Å². The highest BCUT2D eigenvalue weighted by Gasteiger charge is 2.01. The van der Waals surface area contributed by atoms with E-state index in [9.17, 15) is 5.11 Å². The molecule has 0 spiro atoms. The lowest BCUT2D eigenvalue weighted by molar-refractivity contribution is 0.466. The highest BCUT2D eigenvalue weighted by Crippen LogP contribution is 2.26. The quantitative estimate of drug-likeness (QED) is 0.651. The summed E-state index contributed by atoms with van der Waals surface area (Å²) in [6.45, 7) is 3.84. The maximum atomic E-state index is 9.42. The molecule has 0 aliphatic carbocycles. The second-order valence-electron chi connectivity index (χ2n) is 2.61. The summed E-state index contributed by atoms with van der Waals surface area (Å²) in [7, 11) is 0. The third kappa shape index (κ3) is 1.69. The fourth-order valence-electron chi connectivity index (χ4n) is 1.03. The predicted octanol–water partition coefficient (Wildman–Crippen LogP) is 2.73. The van der Waals surface area contributed by atoms with Gasteiger partial charge in [-0.1, -0.05) is 0 Å². The van der Waals surface area contributed by atoms with Crippen molar-refractivity contribution >= 4 is 11.8 Å². The molecule has 0 unspecified atom stereocenters. The van der Waals surface area contributed by atoms with E-state index in [1.807, 2.05) is 32.2 Å². The average molecular weight is 168 g/mol. The minimum atomic E-state index is 0.419. The lowest BCUT2D eigenvalue weighted by Crippen LogP contribution is -1.81. The van der Waals surface area contributed by atoms with Crippen molar-refractivity contribution in [1.29, 1.82) is 0 Å². The number of hydrogen-bond donors (Lipinski definition) is 1. The molecule has 0 aliphatic heterocycles. The molecule has 0 aliphatic rings. The number of aromatic hydroxyl groups is 1. The number of aryl methyl sites for hydroxylation is 2. The van der Waals surface area contributed by atoms with Crippen LogP contribution >= 0.6 is 11.8 Å². The molecule has 1 rings (SSSR count). The molecule has 60 valence electrons. The van der Waals surface area contributed by atoms with Crippen LogP contribution in [0.25, 0.3) is 0 Å². The van der Waals surface area contributed by atoms with Crippen LogP contribution in [0.4, 0.5) is 0 Å². The van der Waals surface area contributed by atoms with Gasteiger partial charge in [0.2, 0.25) is 0 Å². The Kier molecular flexibility index (Phi) is 2.45. The van der Waals surface area contributed by atoms with Gasteiger partial charge in [0.15, 0.2) is 0 Å². The fraction of sp³-hybridized carbons (Fsp3) is 0.333. The maximum absolute atomic E-state index is 9.42. The molecular formula is C9H12OS. The van der Waals surface area contributed by atoms with Gasteiger partial charge in [-0.2, -0.15) is 0 Å². The molecule has 0 saturated carbocycles. The first-order chi connectivity index (χ1) is 5.15. The van der Waals surface area contributed by atoms with E-state index < -0.39 is 0 Å². The van der Waals surface area contributed by atoms with E-state index in [1.54, 1.807) is 11.8 Å². The second kappa shape index (κ2) is 3.18. The van der Waals surface area contributed by atoms with E-state index in [2.05, 4.69) is 0 Å². The smallest absolute Gasteiger partial charge is 0.121 e. The van der Waals surface area contributed by atoms with Crippen molar-refractivity contribution in [3.8, 4) is 5.75 Å². The summed E-state index contributed by atoms with van der Waals surface area (Å²) in [4.78, 5) is 1.21. The molecular weight excluding hydrogens is 156 g/mol. The lowest BCUT2D eigenvalue weighted by atomic mass is 10.1. The van der Waals surface area contributed by atoms with Gasteiger partial charge in [-0.15, -0.1) is 11.8 Å². The van der Waals surface area contributed by atoms with Gasteiger partial charge in [0.05, 0.1) is 0 Å². The first-order valence-corrected chi connectivity index (χ1v) is 4.72. The second-order valence-corrected chi connectivity index (χ2v) is 3.49. The van der Waals surface area contributed by atoms with Crippen molar-refractivity contribution < 1.29 is 5.11 Å². The fourth-order valence-corrected chi connectivity index (χ4v) is 1.62. The van der Waals surface area contributed by atoms with Crippen LogP contribution in [0.5, 0.6) is 5.75 Å². The predicted molar refractivity (Wildman–Crippen MR) is 49.4 cm³/mol. The van der Waals surface area contributed by atoms with E-state index >= 15 is 0 Å². The van der Waals surface area contributed by atoms with Crippen molar-refractivity contribution in [3.05, 3.63) is 23.3 Å². The van der Waals surface area contributed by atoms with Gasteiger partial charge in [-0.3, -0.25) is 0 Å². The number of thioether (sulfide) groups is 1. The zero-order valence-electron chi connectivity index (χ0n) is 7.01. The van der Waals surface area contributed by atoms with Crippen molar-refractivity contribution in [3.63, 3.8) is 0 Å². The highest BCUT2D eigenvalue weighted by atomic mass is 32.2. The maximum Gasteiger partial charge on any atom is 0.121 e. The van der Waals surface area contributed by atoms with Crippen LogP contribution in [0.15, 0.2) is 17.0 Å². The van der Waals surface area contributed by atoms with Crippen LogP contribution in [-0.4, -0.2) is 11.4 Å². The summed E-state index contributed by atoms with van der Waals surface area (Å²) in [5.74, 6) is 0.419. The van der Waals surface area contributed by atoms with Gasteiger partial charge in [0, 0.05) is 4.90 Å². The minimum Gasteiger partial charge on any atom is -0.507 e. The van der Waals surface area contributed by atoms with Crippen molar-refractivity contribution in [2.75, 3.05) is 6.26 Å². The topological polar surface area (TPSA) is 20.2 Å². The Labute approximate surface area is 71.4 Å². The number of rotatable bonds is 1. The zero-order valence-corrected chi connectivity index (χ0v) is 7.83. The molecule has 1 nitrogen and oxygen atoms in total. The molecule has 1 aromatic carbocycles. The molecule has 0 amide bonds. The van der Waals surface area contributed by atoms with E-state index in [1.165, 1.54) is 4.90 Å². The Morgan fingerprint density at radius 2 is 1.64 bits per heavy atom. The van der Waals surface area contributed by atoms with Crippen LogP contribution in [0.2, 0.25) is 0 Å². The summed E-state index contributed by atoms with van der Waals surface area (Å²) >= 11 is 1.69. The van der Waals surface area contributed by atoms with Crippen LogP contribution in [0.3, 0.4) is 0 Å². The first kappa shape index (κ1) is 8.47. The molecule has 2 heteroatoms. The number of benzene rings is 1. The largest absolute Gasteiger partial charge is 0.507 e. The lowest BCUT2D eigenvalue weighted by Gasteiger charge is -2.04. The van der Waals surface area contributed by atoms with Crippen molar-refractivity contribution in [2.24, 2.45) is 0 Å². The van der Waals surface area contributed by atoms with Gasteiger partial charge in [0.25, 0.3) is 0 Å². The van der Waals surface area contributed by atoms with Gasteiger partial charge in [0.1, 0.15) is 5.75 Å². The summed E-state index contributed by atoms with van der Waals surface area (Å²) in [6.07, 6.45) is 2.03. The van der Waals surface area contributed by atoms with E-state index in [0.29, 0.717) is 5.75 Å². The Morgan fingerprint density at radius 3 is 2.00 bits per heavy atom. The van der Waals surface area contributed by atoms with Gasteiger partial charge in [-0.05, 0) is 43.4 Å². The number of phenolic OH excluding ortho intramolecular Hbond substituents is 1. The monoisotopic (exact) mass is 168 g/mol. The highest BCUT2D eigenvalue weighted by molar-refractivity contribution is 7.98. The summed E-state index contributed by atoms with van der Waals surface area (Å²) in [6, 6.07) is 3.99. The molecule has 11 heavy (non-hydrogen) atoms. The molecule has 1 N–H and O–H groups in total. The molecule has 0 saturated heterocycles. The third-order valence-corrected chi connectivity index (χ3v) is 2.41. The number of phenols is 1. The number of hydrogen-bond acceptors (Lipinski definition) is 2.